The molecule has 1 atom stereocenters. The minimum atomic E-state index is -0.801. The maximum absolute atomic E-state index is 12.8. The average Bonchev–Trinajstić information content (AvgIpc) is 3.27. The maximum Gasteiger partial charge on any atom is 0.306 e. The molecule has 0 radical (unpaired) electrons. The molecule has 62 heavy (non-hydrogen) atoms. The summed E-state index contributed by atoms with van der Waals surface area (Å²) in [7, 11) is 0. The average molecular weight is 863 g/mol. The number of rotatable bonds is 45. The van der Waals surface area contributed by atoms with Crippen molar-refractivity contribution in [2.75, 3.05) is 13.2 Å². The Balaban J connectivity index is 4.46. The van der Waals surface area contributed by atoms with E-state index in [2.05, 4.69) is 106 Å². The van der Waals surface area contributed by atoms with Gasteiger partial charge in [-0.25, -0.2) is 0 Å². The minimum Gasteiger partial charge on any atom is -0.462 e. The topological polar surface area (TPSA) is 78.9 Å². The number of carbonyl (C=O) groups is 3. The molecule has 0 saturated heterocycles. The van der Waals surface area contributed by atoms with Crippen LogP contribution < -0.4 is 0 Å². The van der Waals surface area contributed by atoms with Gasteiger partial charge in [-0.2, -0.15) is 0 Å². The molecule has 0 spiro atoms. The molecule has 6 nitrogen and oxygen atoms in total. The zero-order chi connectivity index (χ0) is 45.1. The minimum absolute atomic E-state index is 0.0966. The first kappa shape index (κ1) is 58.6. The monoisotopic (exact) mass is 863 g/mol. The molecule has 0 unspecified atom stereocenters. The number of ether oxygens (including phenoxy) is 3. The Morgan fingerprint density at radius 1 is 0.339 bits per heavy atom. The van der Waals surface area contributed by atoms with E-state index < -0.39 is 6.10 Å². The van der Waals surface area contributed by atoms with Gasteiger partial charge in [-0.15, -0.1) is 0 Å². The zero-order valence-corrected chi connectivity index (χ0v) is 40.4. The van der Waals surface area contributed by atoms with E-state index in [0.717, 1.165) is 89.9 Å². The number of carbonyl (C=O) groups excluding carboxylic acids is 3. The van der Waals surface area contributed by atoms with Crippen molar-refractivity contribution >= 4 is 17.9 Å². The lowest BCUT2D eigenvalue weighted by atomic mass is 10.1. The van der Waals surface area contributed by atoms with E-state index in [1.807, 2.05) is 0 Å². The Morgan fingerprint density at radius 2 is 0.645 bits per heavy atom. The van der Waals surface area contributed by atoms with Crippen LogP contribution in [0.5, 0.6) is 0 Å². The predicted octanol–water partition coefficient (Wildman–Crippen LogP) is 16.8. The molecule has 6 heteroatoms. The number of esters is 3. The van der Waals surface area contributed by atoms with E-state index in [0.29, 0.717) is 19.3 Å². The van der Waals surface area contributed by atoms with Crippen LogP contribution in [0.25, 0.3) is 0 Å². The van der Waals surface area contributed by atoms with Crippen LogP contribution in [-0.4, -0.2) is 37.2 Å². The van der Waals surface area contributed by atoms with Gasteiger partial charge in [0.2, 0.25) is 0 Å². The van der Waals surface area contributed by atoms with Crippen molar-refractivity contribution in [2.45, 2.75) is 239 Å². The second kappa shape index (κ2) is 50.2. The summed E-state index contributed by atoms with van der Waals surface area (Å²) in [5, 5.41) is 0. The lowest BCUT2D eigenvalue weighted by Gasteiger charge is -2.18. The molecular weight excluding hydrogens is 769 g/mol. The van der Waals surface area contributed by atoms with Crippen LogP contribution in [0.2, 0.25) is 0 Å². The summed E-state index contributed by atoms with van der Waals surface area (Å²) in [6.07, 6.45) is 64.3. The molecule has 0 aliphatic rings. The van der Waals surface area contributed by atoms with Crippen LogP contribution in [0.4, 0.5) is 0 Å². The lowest BCUT2D eigenvalue weighted by molar-refractivity contribution is -0.167. The van der Waals surface area contributed by atoms with Crippen LogP contribution in [0.3, 0.4) is 0 Å². The summed E-state index contributed by atoms with van der Waals surface area (Å²) >= 11 is 0. The number of hydrogen-bond acceptors (Lipinski definition) is 6. The Kier molecular flexibility index (Phi) is 47.5. The number of hydrogen-bond donors (Lipinski definition) is 0. The first-order valence-electron chi connectivity index (χ1n) is 25.6. The molecule has 0 amide bonds. The largest absolute Gasteiger partial charge is 0.462 e. The molecular formula is C56H94O6. The van der Waals surface area contributed by atoms with Gasteiger partial charge in [0.05, 0.1) is 0 Å². The molecule has 0 aromatic carbocycles. The smallest absolute Gasteiger partial charge is 0.306 e. The number of allylic oxidation sites excluding steroid dienone is 14. The van der Waals surface area contributed by atoms with Crippen molar-refractivity contribution in [1.29, 1.82) is 0 Å². The summed E-state index contributed by atoms with van der Waals surface area (Å²) in [5.74, 6) is -0.968. The molecule has 354 valence electrons. The van der Waals surface area contributed by atoms with Crippen molar-refractivity contribution < 1.29 is 28.6 Å². The third kappa shape index (κ3) is 47.6. The van der Waals surface area contributed by atoms with Crippen molar-refractivity contribution in [3.8, 4) is 0 Å². The summed E-state index contributed by atoms with van der Waals surface area (Å²) < 4.78 is 16.7. The van der Waals surface area contributed by atoms with Crippen molar-refractivity contribution in [2.24, 2.45) is 0 Å². The quantitative estimate of drug-likeness (QED) is 0.0263. The molecule has 0 rings (SSSR count). The summed E-state index contributed by atoms with van der Waals surface area (Å²) in [4.78, 5) is 37.9. The van der Waals surface area contributed by atoms with Gasteiger partial charge in [0, 0.05) is 19.3 Å². The van der Waals surface area contributed by atoms with Crippen LogP contribution in [0.1, 0.15) is 233 Å². The molecule has 0 aliphatic heterocycles. The Labute approximate surface area is 382 Å². The SMILES string of the molecule is CC/C=C\C/C=C\C/C=C\C/C=C\C/C=C\CCCC(=O)OC[C@@H](COC(=O)CCCCCCCCCCCC)OC(=O)CCCCCCCCC/C=C\C/C=C\CCCCC. The molecule has 0 aromatic heterocycles. The summed E-state index contributed by atoms with van der Waals surface area (Å²) in [6.45, 7) is 6.43. The van der Waals surface area contributed by atoms with Crippen LogP contribution >= 0.6 is 0 Å². The number of unbranched alkanes of at least 4 members (excludes halogenated alkanes) is 20. The first-order valence-corrected chi connectivity index (χ1v) is 25.6. The highest BCUT2D eigenvalue weighted by atomic mass is 16.6. The van der Waals surface area contributed by atoms with Gasteiger partial charge in [-0.1, -0.05) is 209 Å². The van der Waals surface area contributed by atoms with E-state index in [1.165, 1.54) is 96.3 Å². The van der Waals surface area contributed by atoms with Gasteiger partial charge in [0.25, 0.3) is 0 Å². The standard InChI is InChI=1S/C56H94O6/c1-4-7-10-13-16-19-22-24-26-28-30-32-34-37-40-43-46-49-55(58)61-52-53(51-60-54(57)48-45-42-39-36-21-18-15-12-9-6-3)62-56(59)50-47-44-41-38-35-33-31-29-27-25-23-20-17-14-11-8-5-2/h7,10,16-17,19-20,24-27,30,32,37,40,53H,4-6,8-9,11-15,18,21-23,28-29,31,33-36,38-39,41-52H2,1-3H3/b10-7-,19-16-,20-17-,26-24-,27-25-,32-30-,40-37-/t53-/m1/s1. The van der Waals surface area contributed by atoms with E-state index in [-0.39, 0.29) is 37.5 Å². The highest BCUT2D eigenvalue weighted by molar-refractivity contribution is 5.71. The molecule has 0 saturated carbocycles. The molecule has 0 N–H and O–H groups in total. The Morgan fingerprint density at radius 3 is 1.08 bits per heavy atom. The fraction of sp³-hybridized carbons (Fsp3) is 0.696. The third-order valence-electron chi connectivity index (χ3n) is 10.6. The first-order chi connectivity index (χ1) is 30.5. The van der Waals surface area contributed by atoms with Gasteiger partial charge < -0.3 is 14.2 Å². The molecule has 0 fully saturated rings. The molecule has 0 aliphatic carbocycles. The maximum atomic E-state index is 12.8. The van der Waals surface area contributed by atoms with Crippen molar-refractivity contribution in [3.05, 3.63) is 85.1 Å². The fourth-order valence-corrected chi connectivity index (χ4v) is 6.80. The van der Waals surface area contributed by atoms with E-state index in [9.17, 15) is 14.4 Å². The van der Waals surface area contributed by atoms with Gasteiger partial charge in [-0.05, 0) is 89.9 Å². The third-order valence-corrected chi connectivity index (χ3v) is 10.6. The highest BCUT2D eigenvalue weighted by Crippen LogP contribution is 2.14. The van der Waals surface area contributed by atoms with Crippen LogP contribution in [0, 0.1) is 0 Å². The van der Waals surface area contributed by atoms with Crippen LogP contribution in [-0.2, 0) is 28.6 Å². The molecule has 0 heterocycles. The Hall–Kier alpha value is -3.41. The molecule has 0 aromatic rings. The van der Waals surface area contributed by atoms with Crippen LogP contribution in [0.15, 0.2) is 85.1 Å². The normalized spacial score (nSPS) is 12.8. The van der Waals surface area contributed by atoms with Gasteiger partial charge in [-0.3, -0.25) is 14.4 Å². The summed E-state index contributed by atoms with van der Waals surface area (Å²) in [6, 6.07) is 0. The highest BCUT2D eigenvalue weighted by Gasteiger charge is 2.19. The van der Waals surface area contributed by atoms with E-state index in [4.69, 9.17) is 14.2 Å². The summed E-state index contributed by atoms with van der Waals surface area (Å²) in [5.41, 5.74) is 0. The fourth-order valence-electron chi connectivity index (χ4n) is 6.80. The second-order valence-electron chi connectivity index (χ2n) is 16.7. The van der Waals surface area contributed by atoms with E-state index >= 15 is 0 Å². The second-order valence-corrected chi connectivity index (χ2v) is 16.7. The van der Waals surface area contributed by atoms with Crippen molar-refractivity contribution in [3.63, 3.8) is 0 Å². The predicted molar refractivity (Wildman–Crippen MR) is 265 cm³/mol. The van der Waals surface area contributed by atoms with E-state index in [1.54, 1.807) is 0 Å². The van der Waals surface area contributed by atoms with Gasteiger partial charge >= 0.3 is 17.9 Å². The lowest BCUT2D eigenvalue weighted by Crippen LogP contribution is -2.30. The van der Waals surface area contributed by atoms with Gasteiger partial charge in [0.1, 0.15) is 13.2 Å². The van der Waals surface area contributed by atoms with Crippen molar-refractivity contribution in [1.82, 2.24) is 0 Å². The molecule has 0 bridgehead atoms. The Bertz CT molecular complexity index is 1220. The van der Waals surface area contributed by atoms with Gasteiger partial charge in [0.15, 0.2) is 6.10 Å². The zero-order valence-electron chi connectivity index (χ0n) is 40.4.